The summed E-state index contributed by atoms with van der Waals surface area (Å²) in [4.78, 5) is 14.4. The van der Waals surface area contributed by atoms with E-state index in [1.807, 2.05) is 50.1 Å². The number of carbonyl (C=O) groups is 1. The molecule has 0 radical (unpaired) electrons. The summed E-state index contributed by atoms with van der Waals surface area (Å²) >= 11 is 0. The highest BCUT2D eigenvalue weighted by molar-refractivity contribution is 5.95. The van der Waals surface area contributed by atoms with E-state index in [2.05, 4.69) is 11.4 Å². The lowest BCUT2D eigenvalue weighted by Gasteiger charge is -2.24. The maximum atomic E-state index is 12.5. The van der Waals surface area contributed by atoms with Gasteiger partial charge >= 0.3 is 0 Å². The van der Waals surface area contributed by atoms with Gasteiger partial charge in [-0.25, -0.2) is 0 Å². The summed E-state index contributed by atoms with van der Waals surface area (Å²) in [5, 5.41) is 11.9. The number of para-hydroxylation sites is 1. The smallest absolute Gasteiger partial charge is 0.241 e. The standard InChI is InChI=1S/C20H23N3O2/c1-4-25-18-11-9-16(10-12-18)14-23(3)15(2)20(24)22-19-8-6-5-7-17(19)13-21/h5-12,15H,4,14H2,1-3H3,(H,22,24)/t15-/m0/s1. The number of anilines is 1. The average molecular weight is 337 g/mol. The first-order chi connectivity index (χ1) is 12.0. The first-order valence-electron chi connectivity index (χ1n) is 8.27. The molecule has 5 nitrogen and oxygen atoms in total. The van der Waals surface area contributed by atoms with Crippen LogP contribution in [0.25, 0.3) is 0 Å². The molecule has 0 aliphatic heterocycles. The zero-order chi connectivity index (χ0) is 18.2. The van der Waals surface area contributed by atoms with Gasteiger partial charge in [0.05, 0.1) is 23.9 Å². The Morgan fingerprint density at radius 3 is 2.56 bits per heavy atom. The average Bonchev–Trinajstić information content (AvgIpc) is 2.63. The monoisotopic (exact) mass is 337 g/mol. The number of benzene rings is 2. The molecule has 25 heavy (non-hydrogen) atoms. The van der Waals surface area contributed by atoms with Crippen molar-refractivity contribution in [2.24, 2.45) is 0 Å². The summed E-state index contributed by atoms with van der Waals surface area (Å²) in [6.45, 7) is 5.08. The lowest BCUT2D eigenvalue weighted by Crippen LogP contribution is -2.39. The Morgan fingerprint density at radius 1 is 1.24 bits per heavy atom. The van der Waals surface area contributed by atoms with Crippen molar-refractivity contribution in [3.63, 3.8) is 0 Å². The molecule has 0 unspecified atom stereocenters. The molecule has 2 rings (SSSR count). The van der Waals surface area contributed by atoms with E-state index in [0.29, 0.717) is 24.4 Å². The predicted octanol–water partition coefficient (Wildman–Crippen LogP) is 3.42. The van der Waals surface area contributed by atoms with E-state index >= 15 is 0 Å². The number of ether oxygens (including phenoxy) is 1. The van der Waals surface area contributed by atoms with E-state index in [4.69, 9.17) is 10.00 Å². The fourth-order valence-electron chi connectivity index (χ4n) is 2.41. The summed E-state index contributed by atoms with van der Waals surface area (Å²) in [5.41, 5.74) is 2.09. The fourth-order valence-corrected chi connectivity index (χ4v) is 2.41. The normalized spacial score (nSPS) is 11.6. The minimum Gasteiger partial charge on any atom is -0.494 e. The molecule has 0 bridgehead atoms. The molecule has 0 spiro atoms. The first-order valence-corrected chi connectivity index (χ1v) is 8.27. The maximum Gasteiger partial charge on any atom is 0.241 e. The number of nitriles is 1. The molecule has 0 saturated carbocycles. The van der Waals surface area contributed by atoms with Crippen LogP contribution in [0, 0.1) is 11.3 Å². The molecule has 130 valence electrons. The van der Waals surface area contributed by atoms with E-state index < -0.39 is 0 Å². The molecule has 0 aliphatic carbocycles. The van der Waals surface area contributed by atoms with Crippen molar-refractivity contribution in [1.82, 2.24) is 4.90 Å². The molecule has 0 saturated heterocycles. The van der Waals surface area contributed by atoms with Gasteiger partial charge in [-0.05, 0) is 50.7 Å². The highest BCUT2D eigenvalue weighted by Crippen LogP contribution is 2.16. The molecule has 1 amide bonds. The van der Waals surface area contributed by atoms with Crippen molar-refractivity contribution in [1.29, 1.82) is 5.26 Å². The Balaban J connectivity index is 1.97. The highest BCUT2D eigenvalue weighted by Gasteiger charge is 2.19. The number of likely N-dealkylation sites (N-methyl/N-ethyl adjacent to an activating group) is 1. The molecular weight excluding hydrogens is 314 g/mol. The summed E-state index contributed by atoms with van der Waals surface area (Å²) in [7, 11) is 1.90. The van der Waals surface area contributed by atoms with E-state index in [0.717, 1.165) is 11.3 Å². The molecule has 0 aliphatic rings. The van der Waals surface area contributed by atoms with E-state index in [1.165, 1.54) is 0 Å². The number of hydrogen-bond acceptors (Lipinski definition) is 4. The van der Waals surface area contributed by atoms with Crippen molar-refractivity contribution in [3.8, 4) is 11.8 Å². The van der Waals surface area contributed by atoms with Crippen molar-refractivity contribution < 1.29 is 9.53 Å². The number of rotatable bonds is 7. The minimum absolute atomic E-state index is 0.142. The summed E-state index contributed by atoms with van der Waals surface area (Å²) in [5.74, 6) is 0.698. The Kier molecular flexibility index (Phi) is 6.55. The van der Waals surface area contributed by atoms with Gasteiger partial charge in [-0.3, -0.25) is 9.69 Å². The topological polar surface area (TPSA) is 65.4 Å². The molecule has 1 N–H and O–H groups in total. The summed E-state index contributed by atoms with van der Waals surface area (Å²) in [6, 6.07) is 16.6. The van der Waals surface area contributed by atoms with Crippen LogP contribution in [0.3, 0.4) is 0 Å². The molecular formula is C20H23N3O2. The number of nitrogens with zero attached hydrogens (tertiary/aromatic N) is 2. The first kappa shape index (κ1) is 18.5. The van der Waals surface area contributed by atoms with Crippen molar-refractivity contribution >= 4 is 11.6 Å². The molecule has 2 aromatic carbocycles. The van der Waals surface area contributed by atoms with Crippen LogP contribution in [0.15, 0.2) is 48.5 Å². The quantitative estimate of drug-likeness (QED) is 0.841. The molecule has 1 atom stereocenters. The van der Waals surface area contributed by atoms with Gasteiger partial charge in [0, 0.05) is 6.54 Å². The lowest BCUT2D eigenvalue weighted by atomic mass is 10.1. The highest BCUT2D eigenvalue weighted by atomic mass is 16.5. The van der Waals surface area contributed by atoms with E-state index in [9.17, 15) is 4.79 Å². The zero-order valence-electron chi connectivity index (χ0n) is 14.8. The van der Waals surface area contributed by atoms with Crippen molar-refractivity contribution in [2.45, 2.75) is 26.4 Å². The third-order valence-corrected chi connectivity index (χ3v) is 4.01. The van der Waals surface area contributed by atoms with Crippen molar-refractivity contribution in [3.05, 3.63) is 59.7 Å². The maximum absolute atomic E-state index is 12.5. The molecule has 0 aromatic heterocycles. The van der Waals surface area contributed by atoms with Crippen LogP contribution in [0.4, 0.5) is 5.69 Å². The van der Waals surface area contributed by atoms with E-state index in [-0.39, 0.29) is 11.9 Å². The Bertz CT molecular complexity index is 750. The molecule has 2 aromatic rings. The number of carbonyl (C=O) groups excluding carboxylic acids is 1. The van der Waals surface area contributed by atoms with Gasteiger partial charge in [0.1, 0.15) is 11.8 Å². The van der Waals surface area contributed by atoms with Gasteiger partial charge < -0.3 is 10.1 Å². The van der Waals surface area contributed by atoms with Crippen LogP contribution in [-0.2, 0) is 11.3 Å². The van der Waals surface area contributed by atoms with Gasteiger partial charge in [0.25, 0.3) is 0 Å². The fraction of sp³-hybridized carbons (Fsp3) is 0.300. The van der Waals surface area contributed by atoms with Gasteiger partial charge in [-0.2, -0.15) is 5.26 Å². The van der Waals surface area contributed by atoms with Gasteiger partial charge in [0.2, 0.25) is 5.91 Å². The van der Waals surface area contributed by atoms with Crippen LogP contribution < -0.4 is 10.1 Å². The Morgan fingerprint density at radius 2 is 1.92 bits per heavy atom. The van der Waals surface area contributed by atoms with Crippen LogP contribution in [-0.4, -0.2) is 30.5 Å². The van der Waals surface area contributed by atoms with E-state index in [1.54, 1.807) is 24.3 Å². The number of nitrogens with one attached hydrogen (secondary N) is 1. The Hall–Kier alpha value is -2.84. The summed E-state index contributed by atoms with van der Waals surface area (Å²) < 4.78 is 5.44. The number of hydrogen-bond donors (Lipinski definition) is 1. The van der Waals surface area contributed by atoms with Gasteiger partial charge in [-0.1, -0.05) is 24.3 Å². The third-order valence-electron chi connectivity index (χ3n) is 4.01. The largest absolute Gasteiger partial charge is 0.494 e. The lowest BCUT2D eigenvalue weighted by molar-refractivity contribution is -0.120. The second-order valence-electron chi connectivity index (χ2n) is 5.81. The second-order valence-corrected chi connectivity index (χ2v) is 5.81. The number of amides is 1. The Labute approximate surface area is 148 Å². The molecule has 5 heteroatoms. The predicted molar refractivity (Wildman–Crippen MR) is 98.3 cm³/mol. The van der Waals surface area contributed by atoms with Gasteiger partial charge in [-0.15, -0.1) is 0 Å². The SMILES string of the molecule is CCOc1ccc(CN(C)[C@@H](C)C(=O)Nc2ccccc2C#N)cc1. The van der Waals surface area contributed by atoms with Gasteiger partial charge in [0.15, 0.2) is 0 Å². The van der Waals surface area contributed by atoms with Crippen LogP contribution in [0.1, 0.15) is 25.0 Å². The summed E-state index contributed by atoms with van der Waals surface area (Å²) in [6.07, 6.45) is 0. The van der Waals surface area contributed by atoms with Crippen molar-refractivity contribution in [2.75, 3.05) is 19.0 Å². The third kappa shape index (κ3) is 5.07. The minimum atomic E-state index is -0.335. The van der Waals surface area contributed by atoms with Crippen LogP contribution in [0.5, 0.6) is 5.75 Å². The molecule has 0 heterocycles. The molecule has 0 fully saturated rings. The zero-order valence-corrected chi connectivity index (χ0v) is 14.8. The second kappa shape index (κ2) is 8.86. The van der Waals surface area contributed by atoms with Crippen LogP contribution in [0.2, 0.25) is 0 Å². The van der Waals surface area contributed by atoms with Crippen LogP contribution >= 0.6 is 0 Å².